The van der Waals surface area contributed by atoms with Crippen molar-refractivity contribution in [2.75, 3.05) is 13.4 Å². The maximum atomic E-state index is 13.2. The smallest absolute Gasteiger partial charge is 0.328 e. The van der Waals surface area contributed by atoms with Gasteiger partial charge in [0.05, 0.1) is 11.5 Å². The Morgan fingerprint density at radius 2 is 1.89 bits per heavy atom. The number of rotatable bonds is 5. The standard InChI is InChI=1S/C19H19NO6S/c1-2-24-18(21)19(20)16(12-8-9-14-15(10-12)26-11-25-14)17(19)27(22,23)13-6-4-3-5-7-13/h3-10,16-17H,2,11,20H2,1H3/t16-,17-,19-/m0/s1. The third kappa shape index (κ3) is 2.67. The van der Waals surface area contributed by atoms with E-state index in [1.807, 2.05) is 0 Å². The number of carbonyl (C=O) groups is 1. The van der Waals surface area contributed by atoms with Crippen LogP contribution in [0, 0.1) is 0 Å². The lowest BCUT2D eigenvalue weighted by Crippen LogP contribution is -2.41. The van der Waals surface area contributed by atoms with Gasteiger partial charge in [0.2, 0.25) is 6.79 Å². The van der Waals surface area contributed by atoms with Crippen LogP contribution in [-0.2, 0) is 19.4 Å². The predicted octanol–water partition coefficient (Wildman–Crippen LogP) is 1.62. The highest BCUT2D eigenvalue weighted by atomic mass is 32.2. The quantitative estimate of drug-likeness (QED) is 0.775. The summed E-state index contributed by atoms with van der Waals surface area (Å²) >= 11 is 0. The normalized spacial score (nSPS) is 25.9. The predicted molar refractivity (Wildman–Crippen MR) is 96.3 cm³/mol. The fraction of sp³-hybridized carbons (Fsp3) is 0.316. The molecule has 0 spiro atoms. The Morgan fingerprint density at radius 3 is 2.59 bits per heavy atom. The highest BCUT2D eigenvalue weighted by molar-refractivity contribution is 7.92. The zero-order valence-electron chi connectivity index (χ0n) is 14.6. The molecule has 2 N–H and O–H groups in total. The molecule has 0 amide bonds. The van der Waals surface area contributed by atoms with Crippen molar-refractivity contribution in [1.82, 2.24) is 0 Å². The SMILES string of the molecule is CCOC(=O)[C@]1(N)[C@@H](c2ccc3c(c2)OCO3)[C@@H]1S(=O)(=O)c1ccccc1. The van der Waals surface area contributed by atoms with Crippen LogP contribution in [0.5, 0.6) is 11.5 Å². The summed E-state index contributed by atoms with van der Waals surface area (Å²) in [5.74, 6) is -0.393. The molecule has 1 fully saturated rings. The number of carbonyl (C=O) groups excluding carboxylic acids is 1. The average Bonchev–Trinajstić information content (AvgIpc) is 3.08. The van der Waals surface area contributed by atoms with E-state index in [9.17, 15) is 13.2 Å². The Morgan fingerprint density at radius 1 is 1.19 bits per heavy atom. The molecule has 7 nitrogen and oxygen atoms in total. The lowest BCUT2D eigenvalue weighted by atomic mass is 10.1. The third-order valence-electron chi connectivity index (χ3n) is 4.97. The Bertz CT molecular complexity index is 991. The van der Waals surface area contributed by atoms with E-state index in [4.69, 9.17) is 19.9 Å². The van der Waals surface area contributed by atoms with Crippen molar-refractivity contribution >= 4 is 15.8 Å². The van der Waals surface area contributed by atoms with Gasteiger partial charge in [-0.25, -0.2) is 13.2 Å². The summed E-state index contributed by atoms with van der Waals surface area (Å²) in [5.41, 5.74) is 5.28. The van der Waals surface area contributed by atoms with Crippen molar-refractivity contribution in [3.8, 4) is 11.5 Å². The van der Waals surface area contributed by atoms with Crippen LogP contribution in [-0.4, -0.2) is 38.6 Å². The zero-order valence-corrected chi connectivity index (χ0v) is 15.4. The molecule has 142 valence electrons. The van der Waals surface area contributed by atoms with Crippen molar-refractivity contribution in [1.29, 1.82) is 0 Å². The number of ether oxygens (including phenoxy) is 3. The minimum Gasteiger partial charge on any atom is -0.465 e. The summed E-state index contributed by atoms with van der Waals surface area (Å²) in [6.07, 6.45) is 0. The van der Waals surface area contributed by atoms with Gasteiger partial charge in [0.25, 0.3) is 0 Å². The second-order valence-electron chi connectivity index (χ2n) is 6.52. The molecule has 0 aromatic heterocycles. The highest BCUT2D eigenvalue weighted by Crippen LogP contribution is 2.57. The highest BCUT2D eigenvalue weighted by Gasteiger charge is 2.74. The van der Waals surface area contributed by atoms with Crippen LogP contribution in [0.3, 0.4) is 0 Å². The van der Waals surface area contributed by atoms with Crippen LogP contribution in [0.25, 0.3) is 0 Å². The van der Waals surface area contributed by atoms with Gasteiger partial charge < -0.3 is 19.9 Å². The van der Waals surface area contributed by atoms with Gasteiger partial charge in [-0.2, -0.15) is 0 Å². The van der Waals surface area contributed by atoms with Crippen LogP contribution in [0.4, 0.5) is 0 Å². The van der Waals surface area contributed by atoms with E-state index in [0.29, 0.717) is 17.1 Å². The molecule has 27 heavy (non-hydrogen) atoms. The molecule has 1 saturated carbocycles. The van der Waals surface area contributed by atoms with Gasteiger partial charge in [0.15, 0.2) is 21.3 Å². The number of nitrogens with two attached hydrogens (primary N) is 1. The monoisotopic (exact) mass is 389 g/mol. The van der Waals surface area contributed by atoms with Gasteiger partial charge in [-0.1, -0.05) is 24.3 Å². The molecule has 0 radical (unpaired) electrons. The van der Waals surface area contributed by atoms with Gasteiger partial charge in [0.1, 0.15) is 10.8 Å². The molecule has 2 aliphatic rings. The largest absolute Gasteiger partial charge is 0.465 e. The van der Waals surface area contributed by atoms with Crippen LogP contribution in [0.15, 0.2) is 53.4 Å². The summed E-state index contributed by atoms with van der Waals surface area (Å²) in [4.78, 5) is 12.7. The summed E-state index contributed by atoms with van der Waals surface area (Å²) in [6, 6.07) is 13.1. The van der Waals surface area contributed by atoms with E-state index in [-0.39, 0.29) is 18.3 Å². The average molecular weight is 389 g/mol. The molecule has 0 saturated heterocycles. The van der Waals surface area contributed by atoms with Gasteiger partial charge in [-0.15, -0.1) is 0 Å². The van der Waals surface area contributed by atoms with Crippen LogP contribution >= 0.6 is 0 Å². The minimum absolute atomic E-state index is 0.0981. The minimum atomic E-state index is -3.85. The van der Waals surface area contributed by atoms with Gasteiger partial charge in [-0.3, -0.25) is 0 Å². The number of hydrogen-bond donors (Lipinski definition) is 1. The number of hydrogen-bond acceptors (Lipinski definition) is 7. The van der Waals surface area contributed by atoms with E-state index in [2.05, 4.69) is 0 Å². The van der Waals surface area contributed by atoms with Crippen LogP contribution in [0.2, 0.25) is 0 Å². The van der Waals surface area contributed by atoms with Crippen molar-refractivity contribution in [2.24, 2.45) is 5.73 Å². The number of benzene rings is 2. The molecule has 1 heterocycles. The van der Waals surface area contributed by atoms with E-state index >= 15 is 0 Å². The van der Waals surface area contributed by atoms with Gasteiger partial charge >= 0.3 is 5.97 Å². The van der Waals surface area contributed by atoms with Crippen molar-refractivity contribution in [3.63, 3.8) is 0 Å². The van der Waals surface area contributed by atoms with Gasteiger partial charge in [-0.05, 0) is 36.8 Å². The molecule has 0 bridgehead atoms. The molecule has 2 aromatic carbocycles. The van der Waals surface area contributed by atoms with E-state index in [1.54, 1.807) is 43.3 Å². The number of fused-ring (bicyclic) bond motifs is 1. The second kappa shape index (κ2) is 6.24. The zero-order chi connectivity index (χ0) is 19.2. The maximum absolute atomic E-state index is 13.2. The van der Waals surface area contributed by atoms with Crippen LogP contribution < -0.4 is 15.2 Å². The summed E-state index contributed by atoms with van der Waals surface area (Å²) in [5, 5.41) is -1.12. The van der Waals surface area contributed by atoms with Crippen molar-refractivity contribution in [3.05, 3.63) is 54.1 Å². The first-order valence-electron chi connectivity index (χ1n) is 8.55. The Kier molecular flexibility index (Phi) is 4.12. The second-order valence-corrected chi connectivity index (χ2v) is 8.59. The Labute approximate surface area is 156 Å². The fourth-order valence-electron chi connectivity index (χ4n) is 3.62. The molecule has 1 aliphatic carbocycles. The first kappa shape index (κ1) is 17.8. The van der Waals surface area contributed by atoms with Gasteiger partial charge in [0, 0.05) is 5.92 Å². The molecule has 0 unspecified atom stereocenters. The number of esters is 1. The summed E-state index contributed by atoms with van der Waals surface area (Å²) in [7, 11) is -3.85. The Balaban J connectivity index is 1.78. The lowest BCUT2D eigenvalue weighted by molar-refractivity contribution is -0.145. The third-order valence-corrected chi connectivity index (χ3v) is 7.23. The first-order chi connectivity index (χ1) is 12.9. The molecule has 1 aliphatic heterocycles. The van der Waals surface area contributed by atoms with Crippen molar-refractivity contribution in [2.45, 2.75) is 28.5 Å². The molecule has 2 aromatic rings. The van der Waals surface area contributed by atoms with Crippen molar-refractivity contribution < 1.29 is 27.4 Å². The van der Waals surface area contributed by atoms with E-state index in [1.165, 1.54) is 12.1 Å². The topological polar surface area (TPSA) is 105 Å². The van der Waals surface area contributed by atoms with E-state index < -0.39 is 32.5 Å². The summed E-state index contributed by atoms with van der Waals surface area (Å²) < 4.78 is 42.1. The fourth-order valence-corrected chi connectivity index (χ4v) is 5.87. The lowest BCUT2D eigenvalue weighted by Gasteiger charge is -2.11. The molecule has 8 heteroatoms. The maximum Gasteiger partial charge on any atom is 0.328 e. The molecular weight excluding hydrogens is 370 g/mol. The molecule has 3 atom stereocenters. The van der Waals surface area contributed by atoms with E-state index in [0.717, 1.165) is 0 Å². The van der Waals surface area contributed by atoms with Crippen LogP contribution in [0.1, 0.15) is 18.4 Å². The molecular formula is C19H19NO6S. The summed E-state index contributed by atoms with van der Waals surface area (Å²) in [6.45, 7) is 1.87. The number of sulfone groups is 1. The Hall–Kier alpha value is -2.58. The first-order valence-corrected chi connectivity index (χ1v) is 10.1. The molecule has 4 rings (SSSR count).